The molecule has 202 valence electrons. The first-order valence-corrected chi connectivity index (χ1v) is 14.9. The third-order valence-corrected chi connectivity index (χ3v) is 8.92. The molecular formula is C25H24N6O5S3. The summed E-state index contributed by atoms with van der Waals surface area (Å²) in [6.07, 6.45) is 10.5. The van der Waals surface area contributed by atoms with Gasteiger partial charge in [0.05, 0.1) is 0 Å². The summed E-state index contributed by atoms with van der Waals surface area (Å²) in [7, 11) is 0. The number of aliphatic carboxylic acids is 1. The predicted molar refractivity (Wildman–Crippen MR) is 152 cm³/mol. The quantitative estimate of drug-likeness (QED) is 0.164. The lowest BCUT2D eigenvalue weighted by Gasteiger charge is -2.49. The van der Waals surface area contributed by atoms with Gasteiger partial charge in [-0.05, 0) is 47.6 Å². The Morgan fingerprint density at radius 2 is 2.28 bits per heavy atom. The van der Waals surface area contributed by atoms with Crippen LogP contribution in [0.4, 0.5) is 5.13 Å². The van der Waals surface area contributed by atoms with Gasteiger partial charge in [-0.1, -0.05) is 17.3 Å². The molecule has 1 fully saturated rings. The highest BCUT2D eigenvalue weighted by Crippen LogP contribution is 2.41. The molecule has 0 saturated carbocycles. The second kappa shape index (κ2) is 12.1. The molecule has 2 aromatic rings. The van der Waals surface area contributed by atoms with Crippen LogP contribution in [0, 0.1) is 0 Å². The van der Waals surface area contributed by atoms with Gasteiger partial charge in [-0.2, -0.15) is 0 Å². The summed E-state index contributed by atoms with van der Waals surface area (Å²) in [5, 5.41) is 19.8. The fourth-order valence-electron chi connectivity index (χ4n) is 4.17. The zero-order valence-corrected chi connectivity index (χ0v) is 22.9. The molecule has 14 heteroatoms. The predicted octanol–water partition coefficient (Wildman–Crippen LogP) is 2.70. The number of oxime groups is 1. The normalized spacial score (nSPS) is 22.7. The number of thiazole rings is 1. The summed E-state index contributed by atoms with van der Waals surface area (Å²) in [5.41, 5.74) is 7.43. The number of anilines is 1. The van der Waals surface area contributed by atoms with Crippen LogP contribution in [0.1, 0.15) is 24.1 Å². The van der Waals surface area contributed by atoms with Gasteiger partial charge in [0.2, 0.25) is 0 Å². The van der Waals surface area contributed by atoms with Gasteiger partial charge in [0, 0.05) is 29.3 Å². The molecule has 0 radical (unpaired) electrons. The summed E-state index contributed by atoms with van der Waals surface area (Å²) in [4.78, 5) is 53.4. The molecule has 5 rings (SSSR count). The van der Waals surface area contributed by atoms with Gasteiger partial charge in [0.1, 0.15) is 28.9 Å². The number of rotatable bonds is 10. The van der Waals surface area contributed by atoms with Crippen LogP contribution in [-0.4, -0.2) is 72.5 Å². The second-order valence-electron chi connectivity index (χ2n) is 8.68. The monoisotopic (exact) mass is 584 g/mol. The van der Waals surface area contributed by atoms with Crippen molar-refractivity contribution in [2.75, 3.05) is 17.2 Å². The van der Waals surface area contributed by atoms with E-state index in [1.165, 1.54) is 28.4 Å². The van der Waals surface area contributed by atoms with Crippen LogP contribution in [0.15, 0.2) is 63.9 Å². The summed E-state index contributed by atoms with van der Waals surface area (Å²) in [5.74, 6) is -1.50. The lowest BCUT2D eigenvalue weighted by Crippen LogP contribution is -2.71. The van der Waals surface area contributed by atoms with Gasteiger partial charge < -0.3 is 21.0 Å². The molecule has 1 aliphatic carbocycles. The zero-order valence-electron chi connectivity index (χ0n) is 20.4. The highest BCUT2D eigenvalue weighted by molar-refractivity contribution is 8.02. The molecule has 4 heterocycles. The van der Waals surface area contributed by atoms with Crippen LogP contribution < -0.4 is 11.1 Å². The number of carbonyl (C=O) groups is 3. The topological polar surface area (TPSA) is 160 Å². The van der Waals surface area contributed by atoms with Gasteiger partial charge in [-0.3, -0.25) is 19.5 Å². The minimum Gasteiger partial charge on any atom is -0.477 e. The highest BCUT2D eigenvalue weighted by atomic mass is 32.2. The Hall–Kier alpha value is -3.62. The maximum Gasteiger partial charge on any atom is 0.352 e. The van der Waals surface area contributed by atoms with Crippen LogP contribution in [0.2, 0.25) is 0 Å². The SMILES string of the molecule is Nc1nc(C(=NOC2C=CCC2)C(=O)NC2C(=O)N3C(C(=O)O)=C(CS/C=C\c4cccnc4)CS[C@H]23)cs1. The Morgan fingerprint density at radius 3 is 2.97 bits per heavy atom. The first-order valence-electron chi connectivity index (χ1n) is 11.9. The van der Waals surface area contributed by atoms with Crippen molar-refractivity contribution in [2.24, 2.45) is 5.16 Å². The average molecular weight is 585 g/mol. The summed E-state index contributed by atoms with van der Waals surface area (Å²) in [6.45, 7) is 0. The van der Waals surface area contributed by atoms with E-state index in [0.29, 0.717) is 17.1 Å². The largest absolute Gasteiger partial charge is 0.477 e. The molecule has 2 aromatic heterocycles. The molecule has 39 heavy (non-hydrogen) atoms. The Morgan fingerprint density at radius 1 is 1.41 bits per heavy atom. The number of pyridine rings is 1. The first kappa shape index (κ1) is 27.0. The molecule has 4 N–H and O–H groups in total. The third-order valence-electron chi connectivity index (χ3n) is 6.06. The summed E-state index contributed by atoms with van der Waals surface area (Å²) < 4.78 is 0. The lowest BCUT2D eigenvalue weighted by molar-refractivity contribution is -0.150. The number of nitrogens with zero attached hydrogens (tertiary/aromatic N) is 4. The highest BCUT2D eigenvalue weighted by Gasteiger charge is 2.54. The molecule has 2 amide bonds. The number of thioether (sulfide) groups is 2. The van der Waals surface area contributed by atoms with E-state index >= 15 is 0 Å². The Labute approximate surface area is 236 Å². The van der Waals surface area contributed by atoms with Gasteiger partial charge >= 0.3 is 5.97 Å². The molecule has 11 nitrogen and oxygen atoms in total. The number of hydrogen-bond donors (Lipinski definition) is 3. The van der Waals surface area contributed by atoms with E-state index in [0.717, 1.165) is 29.7 Å². The van der Waals surface area contributed by atoms with Crippen LogP contribution >= 0.6 is 34.9 Å². The van der Waals surface area contributed by atoms with Crippen molar-refractivity contribution in [1.29, 1.82) is 0 Å². The number of carbonyl (C=O) groups excluding carboxylic acids is 2. The van der Waals surface area contributed by atoms with Gasteiger partial charge in [0.25, 0.3) is 11.8 Å². The third kappa shape index (κ3) is 6.02. The number of nitrogens with two attached hydrogens (primary N) is 1. The smallest absolute Gasteiger partial charge is 0.352 e. The zero-order chi connectivity index (χ0) is 27.4. The lowest BCUT2D eigenvalue weighted by atomic mass is 10.0. The number of carboxylic acids is 1. The van der Waals surface area contributed by atoms with Crippen LogP contribution in [-0.2, 0) is 19.2 Å². The van der Waals surface area contributed by atoms with Crippen molar-refractivity contribution in [3.8, 4) is 0 Å². The maximum atomic E-state index is 13.2. The molecule has 3 aliphatic rings. The Bertz CT molecular complexity index is 1390. The van der Waals surface area contributed by atoms with Crippen LogP contribution in [0.5, 0.6) is 0 Å². The molecule has 2 unspecified atom stereocenters. The van der Waals surface area contributed by atoms with Gasteiger partial charge in [-0.25, -0.2) is 9.78 Å². The molecule has 2 aliphatic heterocycles. The molecule has 3 atom stereocenters. The van der Waals surface area contributed by atoms with Crippen molar-refractivity contribution < 1.29 is 24.3 Å². The number of allylic oxidation sites excluding steroid dienone is 1. The van der Waals surface area contributed by atoms with Crippen molar-refractivity contribution in [2.45, 2.75) is 30.4 Å². The summed E-state index contributed by atoms with van der Waals surface area (Å²) >= 11 is 3.99. The Balaban J connectivity index is 1.27. The van der Waals surface area contributed by atoms with Crippen LogP contribution in [0.3, 0.4) is 0 Å². The van der Waals surface area contributed by atoms with Crippen molar-refractivity contribution in [3.63, 3.8) is 0 Å². The molecule has 0 spiro atoms. The van der Waals surface area contributed by atoms with E-state index in [1.807, 2.05) is 35.8 Å². The molecule has 0 aromatic carbocycles. The number of fused-ring (bicyclic) bond motifs is 1. The average Bonchev–Trinajstić information content (AvgIpc) is 3.62. The molecule has 0 bridgehead atoms. The minimum absolute atomic E-state index is 0.0333. The van der Waals surface area contributed by atoms with Crippen molar-refractivity contribution in [1.82, 2.24) is 20.2 Å². The van der Waals surface area contributed by atoms with Gasteiger partial charge in [-0.15, -0.1) is 34.9 Å². The molecule has 1 saturated heterocycles. The second-order valence-corrected chi connectivity index (χ2v) is 11.6. The van der Waals surface area contributed by atoms with Gasteiger partial charge in [0.15, 0.2) is 10.8 Å². The summed E-state index contributed by atoms with van der Waals surface area (Å²) in [6, 6.07) is 2.83. The standard InChI is InChI=1S/C25H24N6O5S3/c26-25-28-17(13-39-25)18(30-36-16-5-1-2-6-16)21(32)29-19-22(33)31-20(24(34)35)15(12-38-23(19)31)11-37-9-7-14-4-3-8-27-10-14/h1,3-5,7-10,13,16,19,23H,2,6,11-12H2,(H2,26,28)(H,29,32)(H,34,35)/b9-7-,30-18?/t16?,19?,23-/m1/s1. The number of carboxylic acid groups (broad SMARTS) is 1. The Kier molecular flexibility index (Phi) is 8.33. The maximum absolute atomic E-state index is 13.2. The van der Waals surface area contributed by atoms with Crippen molar-refractivity contribution >= 4 is 69.6 Å². The van der Waals surface area contributed by atoms with Crippen molar-refractivity contribution in [3.05, 3.63) is 70.0 Å². The number of hydrogen-bond acceptors (Lipinski definition) is 11. The van der Waals surface area contributed by atoms with E-state index in [4.69, 9.17) is 10.6 Å². The first-order chi connectivity index (χ1) is 18.9. The van der Waals surface area contributed by atoms with Crippen LogP contribution in [0.25, 0.3) is 6.08 Å². The van der Waals surface area contributed by atoms with E-state index in [9.17, 15) is 19.5 Å². The number of nitrogen functional groups attached to an aromatic ring is 1. The van der Waals surface area contributed by atoms with E-state index in [-0.39, 0.29) is 28.3 Å². The van der Waals surface area contributed by atoms with E-state index in [1.54, 1.807) is 17.8 Å². The molecular weight excluding hydrogens is 561 g/mol. The number of β-lactam (4-membered cyclic amide) rings is 1. The number of aromatic nitrogens is 2. The number of nitrogens with one attached hydrogen (secondary N) is 1. The number of amides is 2. The van der Waals surface area contributed by atoms with E-state index in [2.05, 4.69) is 20.4 Å². The fourth-order valence-corrected chi connectivity index (χ4v) is 6.98. The van der Waals surface area contributed by atoms with E-state index < -0.39 is 29.2 Å². The fraction of sp³-hybridized carbons (Fsp3) is 0.280. The minimum atomic E-state index is -1.18.